The maximum atomic E-state index is 13.4. The zero-order chi connectivity index (χ0) is 15.4. The molecular formula is C13H18F2N4O2. The van der Waals surface area contributed by atoms with Gasteiger partial charge in [0.2, 0.25) is 5.82 Å². The van der Waals surface area contributed by atoms with E-state index in [1.54, 1.807) is 0 Å². The van der Waals surface area contributed by atoms with E-state index in [1.165, 1.54) is 0 Å². The summed E-state index contributed by atoms with van der Waals surface area (Å²) in [5.74, 6) is -2.00. The molecular weight excluding hydrogens is 282 g/mol. The van der Waals surface area contributed by atoms with Gasteiger partial charge in [-0.2, -0.15) is 4.39 Å². The minimum Gasteiger partial charge on any atom is -0.378 e. The Hall–Kier alpha value is -1.80. The third kappa shape index (κ3) is 4.08. The van der Waals surface area contributed by atoms with Crippen LogP contribution in [0.25, 0.3) is 0 Å². The Morgan fingerprint density at radius 1 is 1.29 bits per heavy atom. The standard InChI is InChI=1S/C13H18F2N4O2/c1-17-4-6-18(7-5-17)3-2-16-12-9-10(14)8-11(15)13(12)19(20)21/h8-9,16H,2-7H2,1H3. The van der Waals surface area contributed by atoms with Crippen molar-refractivity contribution in [2.75, 3.05) is 51.6 Å². The summed E-state index contributed by atoms with van der Waals surface area (Å²) in [5.41, 5.74) is -0.832. The van der Waals surface area contributed by atoms with Crippen LogP contribution < -0.4 is 5.32 Å². The summed E-state index contributed by atoms with van der Waals surface area (Å²) in [7, 11) is 2.05. The van der Waals surface area contributed by atoms with Gasteiger partial charge in [-0.25, -0.2) is 4.39 Å². The van der Waals surface area contributed by atoms with Gasteiger partial charge in [-0.15, -0.1) is 0 Å². The highest BCUT2D eigenvalue weighted by atomic mass is 19.1. The Bertz CT molecular complexity index is 519. The second-order valence-electron chi connectivity index (χ2n) is 5.11. The van der Waals surface area contributed by atoms with Crippen LogP contribution in [0, 0.1) is 21.7 Å². The third-order valence-electron chi connectivity index (χ3n) is 3.55. The molecule has 0 saturated carbocycles. The Balaban J connectivity index is 1.95. The molecule has 1 fully saturated rings. The lowest BCUT2D eigenvalue weighted by Crippen LogP contribution is -2.45. The van der Waals surface area contributed by atoms with Crippen molar-refractivity contribution in [1.29, 1.82) is 0 Å². The predicted molar refractivity (Wildman–Crippen MR) is 75.4 cm³/mol. The van der Waals surface area contributed by atoms with Gasteiger partial charge < -0.3 is 10.2 Å². The van der Waals surface area contributed by atoms with E-state index in [1.807, 2.05) is 0 Å². The lowest BCUT2D eigenvalue weighted by Gasteiger charge is -2.32. The average molecular weight is 300 g/mol. The van der Waals surface area contributed by atoms with Crippen molar-refractivity contribution >= 4 is 11.4 Å². The number of hydrogen-bond acceptors (Lipinski definition) is 5. The van der Waals surface area contributed by atoms with Crippen LogP contribution in [0.5, 0.6) is 0 Å². The predicted octanol–water partition coefficient (Wildman–Crippen LogP) is 1.53. The minimum atomic E-state index is -1.16. The Morgan fingerprint density at radius 3 is 2.57 bits per heavy atom. The van der Waals surface area contributed by atoms with Gasteiger partial charge in [-0.05, 0) is 7.05 Å². The zero-order valence-electron chi connectivity index (χ0n) is 11.8. The van der Waals surface area contributed by atoms with Crippen molar-refractivity contribution in [2.45, 2.75) is 0 Å². The van der Waals surface area contributed by atoms with Crippen LogP contribution >= 0.6 is 0 Å². The van der Waals surface area contributed by atoms with Crippen molar-refractivity contribution < 1.29 is 13.7 Å². The van der Waals surface area contributed by atoms with Crippen LogP contribution in [0.15, 0.2) is 12.1 Å². The number of anilines is 1. The molecule has 1 aromatic rings. The molecule has 0 bridgehead atoms. The Morgan fingerprint density at radius 2 is 1.95 bits per heavy atom. The second-order valence-corrected chi connectivity index (χ2v) is 5.11. The zero-order valence-corrected chi connectivity index (χ0v) is 11.8. The molecule has 0 spiro atoms. The number of rotatable bonds is 5. The van der Waals surface area contributed by atoms with Crippen LogP contribution in [0.3, 0.4) is 0 Å². The van der Waals surface area contributed by atoms with Crippen molar-refractivity contribution in [3.63, 3.8) is 0 Å². The number of nitrogens with one attached hydrogen (secondary N) is 1. The summed E-state index contributed by atoms with van der Waals surface area (Å²) in [4.78, 5) is 14.4. The molecule has 0 aliphatic carbocycles. The average Bonchev–Trinajstić information content (AvgIpc) is 2.39. The topological polar surface area (TPSA) is 61.6 Å². The summed E-state index contributed by atoms with van der Waals surface area (Å²) in [6.07, 6.45) is 0. The second kappa shape index (κ2) is 6.77. The van der Waals surface area contributed by atoms with Crippen LogP contribution in [0.2, 0.25) is 0 Å². The van der Waals surface area contributed by atoms with E-state index in [-0.39, 0.29) is 5.69 Å². The van der Waals surface area contributed by atoms with Crippen molar-refractivity contribution in [1.82, 2.24) is 9.80 Å². The third-order valence-corrected chi connectivity index (χ3v) is 3.55. The number of piperazine rings is 1. The summed E-state index contributed by atoms with van der Waals surface area (Å²) < 4.78 is 26.6. The van der Waals surface area contributed by atoms with Gasteiger partial charge >= 0.3 is 5.69 Å². The van der Waals surface area contributed by atoms with Crippen molar-refractivity contribution in [2.24, 2.45) is 0 Å². The molecule has 0 amide bonds. The van der Waals surface area contributed by atoms with Gasteiger partial charge in [0.25, 0.3) is 0 Å². The number of benzene rings is 1. The molecule has 0 radical (unpaired) electrons. The fourth-order valence-electron chi connectivity index (χ4n) is 2.31. The fourth-order valence-corrected chi connectivity index (χ4v) is 2.31. The number of nitro groups is 1. The van der Waals surface area contributed by atoms with Gasteiger partial charge in [-0.3, -0.25) is 15.0 Å². The number of halogens is 2. The summed E-state index contributed by atoms with van der Waals surface area (Å²) >= 11 is 0. The van der Waals surface area contributed by atoms with Gasteiger partial charge in [0.05, 0.1) is 4.92 Å². The number of hydrogen-bond donors (Lipinski definition) is 1. The number of nitro benzene ring substituents is 1. The number of likely N-dealkylation sites (N-methyl/N-ethyl adjacent to an activating group) is 1. The van der Waals surface area contributed by atoms with Gasteiger partial charge in [0, 0.05) is 51.4 Å². The number of nitrogens with zero attached hydrogens (tertiary/aromatic N) is 3. The first-order valence-electron chi connectivity index (χ1n) is 6.75. The van der Waals surface area contributed by atoms with Crippen LogP contribution in [-0.4, -0.2) is 61.0 Å². The summed E-state index contributed by atoms with van der Waals surface area (Å²) in [6, 6.07) is 1.47. The highest BCUT2D eigenvalue weighted by Gasteiger charge is 2.22. The smallest absolute Gasteiger partial charge is 0.327 e. The van der Waals surface area contributed by atoms with E-state index in [0.717, 1.165) is 32.2 Å². The van der Waals surface area contributed by atoms with E-state index >= 15 is 0 Å². The van der Waals surface area contributed by atoms with E-state index in [0.29, 0.717) is 19.2 Å². The molecule has 0 atom stereocenters. The quantitative estimate of drug-likeness (QED) is 0.660. The SMILES string of the molecule is CN1CCN(CCNc2cc(F)cc(F)c2[N+](=O)[O-])CC1. The fraction of sp³-hybridized carbons (Fsp3) is 0.538. The minimum absolute atomic E-state index is 0.119. The highest BCUT2D eigenvalue weighted by molar-refractivity contribution is 5.62. The first-order chi connectivity index (χ1) is 9.97. The van der Waals surface area contributed by atoms with Gasteiger partial charge in [0.1, 0.15) is 11.5 Å². The Kier molecular flexibility index (Phi) is 5.03. The molecule has 1 aliphatic rings. The van der Waals surface area contributed by atoms with Gasteiger partial charge in [0.15, 0.2) is 0 Å². The van der Waals surface area contributed by atoms with Crippen molar-refractivity contribution in [3.05, 3.63) is 33.9 Å². The maximum absolute atomic E-state index is 13.4. The molecule has 1 heterocycles. The van der Waals surface area contributed by atoms with Crippen LogP contribution in [0.1, 0.15) is 0 Å². The molecule has 21 heavy (non-hydrogen) atoms. The molecule has 1 N–H and O–H groups in total. The molecule has 1 aromatic carbocycles. The molecule has 1 aliphatic heterocycles. The first-order valence-corrected chi connectivity index (χ1v) is 6.75. The lowest BCUT2D eigenvalue weighted by molar-refractivity contribution is -0.386. The first kappa shape index (κ1) is 15.6. The summed E-state index contributed by atoms with van der Waals surface area (Å²) in [6.45, 7) is 4.83. The largest absolute Gasteiger partial charge is 0.378 e. The maximum Gasteiger partial charge on any atom is 0.327 e. The normalized spacial score (nSPS) is 16.9. The molecule has 1 saturated heterocycles. The van der Waals surface area contributed by atoms with E-state index in [9.17, 15) is 18.9 Å². The summed E-state index contributed by atoms with van der Waals surface area (Å²) in [5, 5.41) is 13.6. The van der Waals surface area contributed by atoms with E-state index in [4.69, 9.17) is 0 Å². The lowest BCUT2D eigenvalue weighted by atomic mass is 10.2. The molecule has 0 aromatic heterocycles. The monoisotopic (exact) mass is 300 g/mol. The molecule has 0 unspecified atom stereocenters. The van der Waals surface area contributed by atoms with Crippen LogP contribution in [0.4, 0.5) is 20.2 Å². The van der Waals surface area contributed by atoms with E-state index < -0.39 is 22.2 Å². The Labute approximate surface area is 121 Å². The van der Waals surface area contributed by atoms with Crippen LogP contribution in [-0.2, 0) is 0 Å². The molecule has 116 valence electrons. The van der Waals surface area contributed by atoms with E-state index in [2.05, 4.69) is 22.2 Å². The van der Waals surface area contributed by atoms with Crippen molar-refractivity contribution in [3.8, 4) is 0 Å². The molecule has 8 heteroatoms. The molecule has 2 rings (SSSR count). The van der Waals surface area contributed by atoms with Gasteiger partial charge in [-0.1, -0.05) is 0 Å². The molecule has 6 nitrogen and oxygen atoms in total. The highest BCUT2D eigenvalue weighted by Crippen LogP contribution is 2.28.